The van der Waals surface area contributed by atoms with Gasteiger partial charge in [-0.3, -0.25) is 0 Å². The second kappa shape index (κ2) is 5.35. The zero-order valence-electron chi connectivity index (χ0n) is 8.81. The molecule has 82 valence electrons. The van der Waals surface area contributed by atoms with E-state index in [2.05, 4.69) is 4.98 Å². The minimum absolute atomic E-state index is 0.302. The highest BCUT2D eigenvalue weighted by Gasteiger charge is 2.15. The Balaban J connectivity index is 3.02. The van der Waals surface area contributed by atoms with Gasteiger partial charge in [0.2, 0.25) is 0 Å². The van der Waals surface area contributed by atoms with E-state index in [0.717, 1.165) is 13.1 Å². The Morgan fingerprint density at radius 1 is 1.40 bits per heavy atom. The Hall–Kier alpha value is -0.775. The summed E-state index contributed by atoms with van der Waals surface area (Å²) in [7, 11) is -1.53. The second-order valence-electron chi connectivity index (χ2n) is 3.12. The van der Waals surface area contributed by atoms with E-state index in [-0.39, 0.29) is 0 Å². The fourth-order valence-electron chi connectivity index (χ4n) is 1.34. The third kappa shape index (κ3) is 2.84. The molecular weight excluding hydrogens is 214 g/mol. The molecule has 6 heteroatoms. The van der Waals surface area contributed by atoms with E-state index in [1.165, 1.54) is 12.3 Å². The molecule has 0 atom stereocenters. The van der Waals surface area contributed by atoms with E-state index in [4.69, 9.17) is 21.6 Å². The predicted octanol–water partition coefficient (Wildman–Crippen LogP) is 0.261. The molecule has 0 spiro atoms. The van der Waals surface area contributed by atoms with Gasteiger partial charge in [0.25, 0.3) is 0 Å². The van der Waals surface area contributed by atoms with Crippen molar-refractivity contribution < 1.29 is 10.0 Å². The first-order valence-electron chi connectivity index (χ1n) is 4.86. The van der Waals surface area contributed by atoms with Crippen LogP contribution in [0.25, 0.3) is 0 Å². The van der Waals surface area contributed by atoms with E-state index in [0.29, 0.717) is 16.3 Å². The van der Waals surface area contributed by atoms with Gasteiger partial charge in [-0.15, -0.1) is 0 Å². The second-order valence-corrected chi connectivity index (χ2v) is 3.53. The average Bonchev–Trinajstić information content (AvgIpc) is 2.21. The van der Waals surface area contributed by atoms with Crippen LogP contribution in [0.4, 0.5) is 5.82 Å². The molecule has 0 radical (unpaired) electrons. The molecule has 0 fully saturated rings. The maximum atomic E-state index is 8.94. The van der Waals surface area contributed by atoms with Crippen LogP contribution in [0.15, 0.2) is 12.3 Å². The van der Waals surface area contributed by atoms with Crippen LogP contribution in [0.2, 0.25) is 5.02 Å². The van der Waals surface area contributed by atoms with E-state index in [9.17, 15) is 0 Å². The van der Waals surface area contributed by atoms with Gasteiger partial charge in [0.05, 0.1) is 5.02 Å². The van der Waals surface area contributed by atoms with E-state index in [1.54, 1.807) is 0 Å². The molecule has 0 aromatic carbocycles. The van der Waals surface area contributed by atoms with Gasteiger partial charge in [-0.1, -0.05) is 11.6 Å². The van der Waals surface area contributed by atoms with E-state index >= 15 is 0 Å². The summed E-state index contributed by atoms with van der Waals surface area (Å²) in [5.41, 5.74) is 0.302. The molecule has 4 nitrogen and oxygen atoms in total. The monoisotopic (exact) mass is 228 g/mol. The molecule has 15 heavy (non-hydrogen) atoms. The molecule has 1 heterocycles. The lowest BCUT2D eigenvalue weighted by Gasteiger charge is -2.21. The standard InChI is InChI=1S/C9H14BClN2O2/c1-3-13(4-2)9-8(11)5-7(6-12-9)10(14)15/h5-6,14-15H,3-4H2,1-2H3. The van der Waals surface area contributed by atoms with Crippen LogP contribution in [-0.4, -0.2) is 35.2 Å². The summed E-state index contributed by atoms with van der Waals surface area (Å²) in [6, 6.07) is 1.52. The van der Waals surface area contributed by atoms with Crippen LogP contribution in [0.3, 0.4) is 0 Å². The van der Waals surface area contributed by atoms with Crippen LogP contribution < -0.4 is 10.4 Å². The molecule has 0 aliphatic carbocycles. The smallest absolute Gasteiger partial charge is 0.423 e. The lowest BCUT2D eigenvalue weighted by Crippen LogP contribution is -2.31. The van der Waals surface area contributed by atoms with Crippen LogP contribution >= 0.6 is 11.6 Å². The molecule has 0 unspecified atom stereocenters. The van der Waals surface area contributed by atoms with Crippen molar-refractivity contribution in [3.63, 3.8) is 0 Å². The quantitative estimate of drug-likeness (QED) is 0.726. The van der Waals surface area contributed by atoms with Gasteiger partial charge < -0.3 is 14.9 Å². The molecule has 1 rings (SSSR count). The summed E-state index contributed by atoms with van der Waals surface area (Å²) in [6.45, 7) is 5.64. The summed E-state index contributed by atoms with van der Waals surface area (Å²) in [5, 5.41) is 18.3. The molecule has 0 saturated carbocycles. The Morgan fingerprint density at radius 3 is 2.40 bits per heavy atom. The van der Waals surface area contributed by atoms with Crippen molar-refractivity contribution in [3.05, 3.63) is 17.3 Å². The number of hydrogen-bond donors (Lipinski definition) is 2. The zero-order valence-corrected chi connectivity index (χ0v) is 9.57. The van der Waals surface area contributed by atoms with Gasteiger partial charge in [0.15, 0.2) is 0 Å². The molecule has 2 N–H and O–H groups in total. The molecule has 1 aromatic rings. The highest BCUT2D eigenvalue weighted by atomic mass is 35.5. The van der Waals surface area contributed by atoms with Gasteiger partial charge >= 0.3 is 7.12 Å². The SMILES string of the molecule is CCN(CC)c1ncc(B(O)O)cc1Cl. The predicted molar refractivity (Wildman–Crippen MR) is 62.6 cm³/mol. The number of hydrogen-bond acceptors (Lipinski definition) is 4. The molecular formula is C9H14BClN2O2. The Bertz CT molecular complexity index is 332. The highest BCUT2D eigenvalue weighted by molar-refractivity contribution is 6.59. The number of halogens is 1. The van der Waals surface area contributed by atoms with E-state index < -0.39 is 7.12 Å². The lowest BCUT2D eigenvalue weighted by molar-refractivity contribution is 0.425. The third-order valence-electron chi connectivity index (χ3n) is 2.20. The van der Waals surface area contributed by atoms with Gasteiger partial charge in [-0.25, -0.2) is 4.98 Å². The van der Waals surface area contributed by atoms with E-state index in [1.807, 2.05) is 18.7 Å². The summed E-state index contributed by atoms with van der Waals surface area (Å²) in [4.78, 5) is 6.11. The maximum absolute atomic E-state index is 8.94. The molecule has 0 aliphatic rings. The minimum atomic E-state index is -1.53. The van der Waals surface area contributed by atoms with Crippen LogP contribution in [-0.2, 0) is 0 Å². The fourth-order valence-corrected chi connectivity index (χ4v) is 1.64. The van der Waals surface area contributed by atoms with Gasteiger partial charge in [0, 0.05) is 24.7 Å². The van der Waals surface area contributed by atoms with Gasteiger partial charge in [-0.05, 0) is 19.9 Å². The molecule has 0 bridgehead atoms. The van der Waals surface area contributed by atoms with Crippen molar-refractivity contribution in [1.29, 1.82) is 0 Å². The third-order valence-corrected chi connectivity index (χ3v) is 2.48. The summed E-state index contributed by atoms with van der Waals surface area (Å²) in [6.07, 6.45) is 1.42. The first-order chi connectivity index (χ1) is 7.10. The number of anilines is 1. The summed E-state index contributed by atoms with van der Waals surface area (Å²) >= 11 is 6.00. The first kappa shape index (κ1) is 12.3. The van der Waals surface area contributed by atoms with Gasteiger partial charge in [-0.2, -0.15) is 0 Å². The van der Waals surface area contributed by atoms with Crippen molar-refractivity contribution in [3.8, 4) is 0 Å². The van der Waals surface area contributed by atoms with Crippen molar-refractivity contribution in [1.82, 2.24) is 4.98 Å². The van der Waals surface area contributed by atoms with Crippen molar-refractivity contribution in [2.45, 2.75) is 13.8 Å². The summed E-state index contributed by atoms with van der Waals surface area (Å²) < 4.78 is 0. The average molecular weight is 228 g/mol. The van der Waals surface area contributed by atoms with Crippen LogP contribution in [0, 0.1) is 0 Å². The topological polar surface area (TPSA) is 56.6 Å². The molecule has 0 amide bonds. The number of aromatic nitrogens is 1. The Kier molecular flexibility index (Phi) is 4.38. The van der Waals surface area contributed by atoms with Crippen molar-refractivity contribution >= 4 is 30.0 Å². The Labute approximate surface area is 94.7 Å². The molecule has 0 saturated heterocycles. The molecule has 1 aromatic heterocycles. The first-order valence-corrected chi connectivity index (χ1v) is 5.24. The summed E-state index contributed by atoms with van der Waals surface area (Å²) in [5.74, 6) is 0.672. The normalized spacial score (nSPS) is 10.2. The fraction of sp³-hybridized carbons (Fsp3) is 0.444. The largest absolute Gasteiger partial charge is 0.490 e. The minimum Gasteiger partial charge on any atom is -0.423 e. The number of pyridine rings is 1. The van der Waals surface area contributed by atoms with Crippen LogP contribution in [0.5, 0.6) is 0 Å². The van der Waals surface area contributed by atoms with Crippen molar-refractivity contribution in [2.24, 2.45) is 0 Å². The zero-order chi connectivity index (χ0) is 11.4. The highest BCUT2D eigenvalue weighted by Crippen LogP contribution is 2.21. The molecule has 0 aliphatic heterocycles. The van der Waals surface area contributed by atoms with Crippen molar-refractivity contribution in [2.75, 3.05) is 18.0 Å². The maximum Gasteiger partial charge on any atom is 0.490 e. The van der Waals surface area contributed by atoms with Gasteiger partial charge in [0.1, 0.15) is 5.82 Å². The lowest BCUT2D eigenvalue weighted by atomic mass is 9.82. The van der Waals surface area contributed by atoms with Crippen LogP contribution in [0.1, 0.15) is 13.8 Å². The Morgan fingerprint density at radius 2 is 2.00 bits per heavy atom. The number of nitrogens with zero attached hydrogens (tertiary/aromatic N) is 2. The number of rotatable bonds is 4.